The third-order valence-electron chi connectivity index (χ3n) is 3.44. The topological polar surface area (TPSA) is 49.7 Å². The van der Waals surface area contributed by atoms with Gasteiger partial charge in [0.1, 0.15) is 5.75 Å². The number of hydrogen-bond acceptors (Lipinski definition) is 3. The smallest absolute Gasteiger partial charge is 0.165 e. The van der Waals surface area contributed by atoms with Crippen LogP contribution in [-0.4, -0.2) is 17.3 Å². The van der Waals surface area contributed by atoms with E-state index in [9.17, 15) is 10.2 Å². The van der Waals surface area contributed by atoms with Gasteiger partial charge in [-0.2, -0.15) is 0 Å². The van der Waals surface area contributed by atoms with E-state index in [1.807, 2.05) is 25.1 Å². The third-order valence-corrected chi connectivity index (χ3v) is 3.44. The van der Waals surface area contributed by atoms with Crippen LogP contribution in [-0.2, 0) is 6.42 Å². The normalized spacial score (nSPS) is 10.9. The average molecular weight is 286 g/mol. The Morgan fingerprint density at radius 2 is 1.76 bits per heavy atom. The molecule has 0 aliphatic rings. The van der Waals surface area contributed by atoms with E-state index < -0.39 is 0 Å². The van der Waals surface area contributed by atoms with Crippen LogP contribution in [0.4, 0.5) is 0 Å². The molecule has 0 saturated carbocycles. The molecule has 0 saturated heterocycles. The molecule has 0 aliphatic heterocycles. The Morgan fingerprint density at radius 3 is 2.33 bits per heavy atom. The van der Waals surface area contributed by atoms with Crippen molar-refractivity contribution in [1.29, 1.82) is 0 Å². The van der Waals surface area contributed by atoms with Gasteiger partial charge in [0, 0.05) is 11.1 Å². The van der Waals surface area contributed by atoms with Gasteiger partial charge in [-0.3, -0.25) is 0 Å². The highest BCUT2D eigenvalue weighted by Gasteiger charge is 2.14. The molecular formula is C18H22O3. The predicted octanol–water partition coefficient (Wildman–Crippen LogP) is 4.28. The molecule has 0 bridgehead atoms. The molecule has 3 nitrogen and oxygen atoms in total. The van der Waals surface area contributed by atoms with Crippen molar-refractivity contribution in [2.75, 3.05) is 7.11 Å². The first kappa shape index (κ1) is 15.2. The molecule has 0 atom stereocenters. The molecule has 0 radical (unpaired) electrons. The zero-order chi connectivity index (χ0) is 15.6. The number of methoxy groups -OCH3 is 1. The zero-order valence-electron chi connectivity index (χ0n) is 13.0. The van der Waals surface area contributed by atoms with Crippen molar-refractivity contribution in [3.05, 3.63) is 41.5 Å². The summed E-state index contributed by atoms with van der Waals surface area (Å²) in [5, 5.41) is 20.6. The van der Waals surface area contributed by atoms with E-state index in [2.05, 4.69) is 13.8 Å². The maximum Gasteiger partial charge on any atom is 0.165 e. The zero-order valence-corrected chi connectivity index (χ0v) is 13.0. The largest absolute Gasteiger partial charge is 0.507 e. The molecule has 0 aliphatic carbocycles. The predicted molar refractivity (Wildman–Crippen MR) is 85.0 cm³/mol. The second-order valence-electron chi connectivity index (χ2n) is 5.81. The number of hydrogen-bond donors (Lipinski definition) is 2. The van der Waals surface area contributed by atoms with Gasteiger partial charge in [-0.1, -0.05) is 26.0 Å². The van der Waals surface area contributed by atoms with Crippen LogP contribution in [0.5, 0.6) is 17.2 Å². The molecule has 112 valence electrons. The van der Waals surface area contributed by atoms with E-state index in [4.69, 9.17) is 4.74 Å². The van der Waals surface area contributed by atoms with Gasteiger partial charge in [-0.05, 0) is 48.6 Å². The summed E-state index contributed by atoms with van der Waals surface area (Å²) in [5.41, 5.74) is 3.25. The first-order chi connectivity index (χ1) is 9.92. The van der Waals surface area contributed by atoms with Gasteiger partial charge in [0.2, 0.25) is 0 Å². The molecular weight excluding hydrogens is 264 g/mol. The SMILES string of the molecule is COc1cc(C)cc(-c2ccc(CC(C)C)cc2O)c1O. The lowest BCUT2D eigenvalue weighted by molar-refractivity contribution is 0.374. The number of phenolic OH excluding ortho intramolecular Hbond substituents is 2. The van der Waals surface area contributed by atoms with Crippen molar-refractivity contribution in [2.24, 2.45) is 5.92 Å². The minimum Gasteiger partial charge on any atom is -0.507 e. The van der Waals surface area contributed by atoms with Crippen LogP contribution < -0.4 is 4.74 Å². The monoisotopic (exact) mass is 286 g/mol. The van der Waals surface area contributed by atoms with Crippen LogP contribution in [0.1, 0.15) is 25.0 Å². The fourth-order valence-electron chi connectivity index (χ4n) is 2.51. The summed E-state index contributed by atoms with van der Waals surface area (Å²) in [6, 6.07) is 9.21. The number of ether oxygens (including phenoxy) is 1. The highest BCUT2D eigenvalue weighted by Crippen LogP contribution is 2.41. The molecule has 0 unspecified atom stereocenters. The van der Waals surface area contributed by atoms with Crippen molar-refractivity contribution < 1.29 is 14.9 Å². The maximum atomic E-state index is 10.3. The summed E-state index contributed by atoms with van der Waals surface area (Å²) >= 11 is 0. The molecule has 2 N–H and O–H groups in total. The molecule has 0 fully saturated rings. The summed E-state index contributed by atoms with van der Waals surface area (Å²) in [6.45, 7) is 6.21. The van der Waals surface area contributed by atoms with E-state index in [1.165, 1.54) is 7.11 Å². The Bertz CT molecular complexity index is 645. The fourth-order valence-corrected chi connectivity index (χ4v) is 2.51. The standard InChI is InChI=1S/C18H22O3/c1-11(2)7-13-5-6-14(16(19)10-13)15-8-12(3)9-17(21-4)18(15)20/h5-6,8-11,19-20H,7H2,1-4H3. The Labute approximate surface area is 125 Å². The molecule has 2 aromatic carbocycles. The van der Waals surface area contributed by atoms with Gasteiger partial charge in [0.15, 0.2) is 11.5 Å². The van der Waals surface area contributed by atoms with Gasteiger partial charge in [0.25, 0.3) is 0 Å². The van der Waals surface area contributed by atoms with Gasteiger partial charge in [0.05, 0.1) is 7.11 Å². The molecule has 0 amide bonds. The van der Waals surface area contributed by atoms with Gasteiger partial charge < -0.3 is 14.9 Å². The van der Waals surface area contributed by atoms with Crippen LogP contribution in [0.15, 0.2) is 30.3 Å². The van der Waals surface area contributed by atoms with Gasteiger partial charge in [-0.25, -0.2) is 0 Å². The van der Waals surface area contributed by atoms with E-state index in [0.29, 0.717) is 22.8 Å². The van der Waals surface area contributed by atoms with Crippen molar-refractivity contribution in [3.63, 3.8) is 0 Å². The second kappa shape index (κ2) is 6.08. The summed E-state index contributed by atoms with van der Waals surface area (Å²) in [5.74, 6) is 1.17. The van der Waals surface area contributed by atoms with Gasteiger partial charge >= 0.3 is 0 Å². The number of benzene rings is 2. The summed E-state index contributed by atoms with van der Waals surface area (Å²) in [4.78, 5) is 0. The Morgan fingerprint density at radius 1 is 1.05 bits per heavy atom. The number of aromatic hydroxyl groups is 2. The number of rotatable bonds is 4. The van der Waals surface area contributed by atoms with E-state index in [-0.39, 0.29) is 11.5 Å². The molecule has 2 aromatic rings. The molecule has 0 heterocycles. The summed E-state index contributed by atoms with van der Waals surface area (Å²) in [7, 11) is 1.52. The van der Waals surface area contributed by atoms with Gasteiger partial charge in [-0.15, -0.1) is 0 Å². The lowest BCUT2D eigenvalue weighted by Gasteiger charge is -2.13. The quantitative estimate of drug-likeness (QED) is 0.882. The van der Waals surface area contributed by atoms with Crippen LogP contribution in [0.25, 0.3) is 11.1 Å². The number of aryl methyl sites for hydroxylation is 1. The number of phenols is 2. The molecule has 21 heavy (non-hydrogen) atoms. The first-order valence-corrected chi connectivity index (χ1v) is 7.12. The average Bonchev–Trinajstić information content (AvgIpc) is 2.41. The molecule has 3 heteroatoms. The molecule has 0 spiro atoms. The van der Waals surface area contributed by atoms with Crippen molar-refractivity contribution in [2.45, 2.75) is 27.2 Å². The highest BCUT2D eigenvalue weighted by molar-refractivity contribution is 5.78. The van der Waals surface area contributed by atoms with Crippen LogP contribution in [0.3, 0.4) is 0 Å². The van der Waals surface area contributed by atoms with Crippen molar-refractivity contribution >= 4 is 0 Å². The Kier molecular flexibility index (Phi) is 4.41. The first-order valence-electron chi connectivity index (χ1n) is 7.12. The van der Waals surface area contributed by atoms with Crippen molar-refractivity contribution in [3.8, 4) is 28.4 Å². The lowest BCUT2D eigenvalue weighted by Crippen LogP contribution is -1.94. The minimum atomic E-state index is 0.0509. The van der Waals surface area contributed by atoms with Crippen LogP contribution in [0, 0.1) is 12.8 Å². The van der Waals surface area contributed by atoms with E-state index >= 15 is 0 Å². The lowest BCUT2D eigenvalue weighted by atomic mass is 9.96. The molecule has 2 rings (SSSR count). The maximum absolute atomic E-state index is 10.3. The minimum absolute atomic E-state index is 0.0509. The summed E-state index contributed by atoms with van der Waals surface area (Å²) < 4.78 is 5.17. The highest BCUT2D eigenvalue weighted by atomic mass is 16.5. The van der Waals surface area contributed by atoms with Crippen molar-refractivity contribution in [1.82, 2.24) is 0 Å². The van der Waals surface area contributed by atoms with E-state index in [1.54, 1.807) is 12.1 Å². The molecule has 0 aromatic heterocycles. The second-order valence-corrected chi connectivity index (χ2v) is 5.81. The van der Waals surface area contributed by atoms with E-state index in [0.717, 1.165) is 17.5 Å². The summed E-state index contributed by atoms with van der Waals surface area (Å²) in [6.07, 6.45) is 0.914. The third kappa shape index (κ3) is 3.30. The Balaban J connectivity index is 2.50. The van der Waals surface area contributed by atoms with Crippen LogP contribution in [0.2, 0.25) is 0 Å². The fraction of sp³-hybridized carbons (Fsp3) is 0.333. The van der Waals surface area contributed by atoms with Crippen LogP contribution >= 0.6 is 0 Å². The Hall–Kier alpha value is -2.16.